The molecule has 1 N–H and O–H groups in total. The van der Waals surface area contributed by atoms with Crippen molar-refractivity contribution < 1.29 is 17.9 Å². The third kappa shape index (κ3) is 5.55. The largest absolute Gasteiger partial charge is 0.380 e. The number of amides is 1. The number of carbonyl (C=O) groups is 1. The maximum Gasteiger partial charge on any atom is 0.264 e. The fraction of sp³-hybridized carbons (Fsp3) is 0.240. The molecular weight excluding hydrogens is 424 g/mol. The van der Waals surface area contributed by atoms with E-state index in [9.17, 15) is 13.2 Å². The molecule has 0 fully saturated rings. The smallest absolute Gasteiger partial charge is 0.264 e. The molecule has 1 amide bonds. The van der Waals surface area contributed by atoms with Gasteiger partial charge in [0.25, 0.3) is 10.0 Å². The zero-order chi connectivity index (χ0) is 23.3. The molecule has 6 nitrogen and oxygen atoms in total. The third-order valence-electron chi connectivity index (χ3n) is 5.04. The highest BCUT2D eigenvalue weighted by Crippen LogP contribution is 2.28. The number of hydrogen-bond donors (Lipinski definition) is 1. The van der Waals surface area contributed by atoms with Gasteiger partial charge in [-0.05, 0) is 62.2 Å². The average Bonchev–Trinajstić information content (AvgIpc) is 2.73. The number of ether oxygens (including phenoxy) is 1. The summed E-state index contributed by atoms with van der Waals surface area (Å²) in [6.07, 6.45) is 0. The Morgan fingerprint density at radius 1 is 0.938 bits per heavy atom. The van der Waals surface area contributed by atoms with Crippen LogP contribution < -0.4 is 9.62 Å². The summed E-state index contributed by atoms with van der Waals surface area (Å²) in [5, 5.41) is 2.80. The van der Waals surface area contributed by atoms with Crippen molar-refractivity contribution in [1.29, 1.82) is 0 Å². The van der Waals surface area contributed by atoms with Crippen molar-refractivity contribution in [2.24, 2.45) is 0 Å². The number of anilines is 2. The van der Waals surface area contributed by atoms with Crippen molar-refractivity contribution in [2.75, 3.05) is 23.3 Å². The minimum atomic E-state index is -3.96. The molecule has 32 heavy (non-hydrogen) atoms. The van der Waals surface area contributed by atoms with E-state index in [0.717, 1.165) is 22.3 Å². The second-order valence-corrected chi connectivity index (χ2v) is 9.66. The Morgan fingerprint density at radius 3 is 2.28 bits per heavy atom. The molecule has 0 aliphatic heterocycles. The number of carbonyl (C=O) groups excluding carboxylic acids is 1. The molecule has 0 aromatic heterocycles. The first-order chi connectivity index (χ1) is 15.2. The summed E-state index contributed by atoms with van der Waals surface area (Å²) in [6, 6.07) is 19.4. The van der Waals surface area contributed by atoms with E-state index in [2.05, 4.69) is 5.32 Å². The number of nitrogens with one attached hydrogen (secondary N) is 1. The van der Waals surface area contributed by atoms with Crippen LogP contribution in [0.5, 0.6) is 0 Å². The van der Waals surface area contributed by atoms with Gasteiger partial charge in [0.1, 0.15) is 6.54 Å². The van der Waals surface area contributed by atoms with Crippen LogP contribution in [0.4, 0.5) is 11.4 Å². The quantitative estimate of drug-likeness (QED) is 0.542. The summed E-state index contributed by atoms with van der Waals surface area (Å²) in [4.78, 5) is 13.1. The average molecular weight is 453 g/mol. The fourth-order valence-corrected chi connectivity index (χ4v) is 4.94. The van der Waals surface area contributed by atoms with Gasteiger partial charge in [-0.15, -0.1) is 0 Å². The highest BCUT2D eigenvalue weighted by molar-refractivity contribution is 7.92. The topological polar surface area (TPSA) is 75.7 Å². The first-order valence-electron chi connectivity index (χ1n) is 10.2. The minimum Gasteiger partial charge on any atom is -0.380 e. The molecule has 0 spiro atoms. The molecule has 0 aliphatic carbocycles. The normalized spacial score (nSPS) is 11.2. The lowest BCUT2D eigenvalue weighted by molar-refractivity contribution is -0.114. The number of hydrogen-bond acceptors (Lipinski definition) is 4. The van der Waals surface area contributed by atoms with Gasteiger partial charge in [-0.25, -0.2) is 8.42 Å². The van der Waals surface area contributed by atoms with E-state index in [0.29, 0.717) is 18.0 Å². The SMILES string of the molecule is COCc1cccc(NC(=O)CN(c2ccc(C)cc2C)S(=O)(=O)c2ccc(C)cc2)c1. The summed E-state index contributed by atoms with van der Waals surface area (Å²) in [5.74, 6) is -0.435. The molecule has 0 aliphatic rings. The number of benzene rings is 3. The van der Waals surface area contributed by atoms with Gasteiger partial charge in [0.15, 0.2) is 0 Å². The fourth-order valence-electron chi connectivity index (χ4n) is 3.46. The van der Waals surface area contributed by atoms with E-state index in [1.54, 1.807) is 49.6 Å². The summed E-state index contributed by atoms with van der Waals surface area (Å²) < 4.78 is 33.4. The lowest BCUT2D eigenvalue weighted by atomic mass is 10.1. The van der Waals surface area contributed by atoms with Gasteiger partial charge >= 0.3 is 0 Å². The summed E-state index contributed by atoms with van der Waals surface area (Å²) in [7, 11) is -2.36. The molecule has 3 rings (SSSR count). The number of aryl methyl sites for hydroxylation is 3. The van der Waals surface area contributed by atoms with Crippen molar-refractivity contribution in [3.8, 4) is 0 Å². The van der Waals surface area contributed by atoms with E-state index < -0.39 is 15.9 Å². The van der Waals surface area contributed by atoms with Crippen LogP contribution in [0, 0.1) is 20.8 Å². The Morgan fingerprint density at radius 2 is 1.62 bits per heavy atom. The van der Waals surface area contributed by atoms with E-state index in [1.807, 2.05) is 45.0 Å². The first-order valence-corrected chi connectivity index (χ1v) is 11.7. The molecule has 7 heteroatoms. The van der Waals surface area contributed by atoms with Crippen molar-refractivity contribution in [1.82, 2.24) is 0 Å². The molecule has 3 aromatic rings. The van der Waals surface area contributed by atoms with Crippen LogP contribution in [0.1, 0.15) is 22.3 Å². The van der Waals surface area contributed by atoms with Crippen LogP contribution in [0.2, 0.25) is 0 Å². The Kier molecular flexibility index (Phi) is 7.33. The molecule has 0 heterocycles. The van der Waals surface area contributed by atoms with Crippen LogP contribution in [0.25, 0.3) is 0 Å². The van der Waals surface area contributed by atoms with Gasteiger partial charge in [0.2, 0.25) is 5.91 Å². The van der Waals surface area contributed by atoms with Crippen LogP contribution >= 0.6 is 0 Å². The molecule has 0 atom stereocenters. The number of rotatable bonds is 8. The van der Waals surface area contributed by atoms with E-state index in [-0.39, 0.29) is 11.4 Å². The zero-order valence-corrected chi connectivity index (χ0v) is 19.6. The van der Waals surface area contributed by atoms with E-state index in [4.69, 9.17) is 4.74 Å². The second kappa shape index (κ2) is 9.97. The number of nitrogens with zero attached hydrogens (tertiary/aromatic N) is 1. The Balaban J connectivity index is 1.95. The van der Waals surface area contributed by atoms with Gasteiger partial charge in [0, 0.05) is 12.8 Å². The predicted molar refractivity (Wildman–Crippen MR) is 127 cm³/mol. The van der Waals surface area contributed by atoms with Gasteiger partial charge < -0.3 is 10.1 Å². The molecule has 0 saturated carbocycles. The summed E-state index contributed by atoms with van der Waals surface area (Å²) in [6.45, 7) is 5.74. The summed E-state index contributed by atoms with van der Waals surface area (Å²) >= 11 is 0. The maximum atomic E-state index is 13.5. The van der Waals surface area contributed by atoms with Crippen LogP contribution in [-0.4, -0.2) is 28.0 Å². The molecule has 3 aromatic carbocycles. The third-order valence-corrected chi connectivity index (χ3v) is 6.81. The summed E-state index contributed by atoms with van der Waals surface area (Å²) in [5.41, 5.74) is 4.70. The Hall–Kier alpha value is -3.16. The van der Waals surface area contributed by atoms with Gasteiger partial charge in [-0.3, -0.25) is 9.10 Å². The second-order valence-electron chi connectivity index (χ2n) is 7.80. The molecule has 168 valence electrons. The van der Waals surface area contributed by atoms with Crippen LogP contribution in [-0.2, 0) is 26.2 Å². The van der Waals surface area contributed by atoms with Crippen LogP contribution in [0.3, 0.4) is 0 Å². The first kappa shape index (κ1) is 23.5. The van der Waals surface area contributed by atoms with Crippen molar-refractivity contribution >= 4 is 27.3 Å². The lowest BCUT2D eigenvalue weighted by Gasteiger charge is -2.26. The highest BCUT2D eigenvalue weighted by atomic mass is 32.2. The predicted octanol–water partition coefficient (Wildman–Crippen LogP) is 4.59. The van der Waals surface area contributed by atoms with Crippen molar-refractivity contribution in [2.45, 2.75) is 32.3 Å². The van der Waals surface area contributed by atoms with E-state index >= 15 is 0 Å². The molecule has 0 saturated heterocycles. The Bertz CT molecular complexity index is 1200. The number of methoxy groups -OCH3 is 1. The Labute approximate surface area is 189 Å². The zero-order valence-electron chi connectivity index (χ0n) is 18.8. The number of sulfonamides is 1. The van der Waals surface area contributed by atoms with Crippen molar-refractivity contribution in [3.05, 3.63) is 89.0 Å². The molecular formula is C25H28N2O4S. The van der Waals surface area contributed by atoms with E-state index in [1.165, 1.54) is 4.31 Å². The standard InChI is InChI=1S/C25H28N2O4S/c1-18-8-11-23(12-9-18)32(29,30)27(24-13-10-19(2)14-20(24)3)16-25(28)26-22-7-5-6-21(15-22)17-31-4/h5-15H,16-17H2,1-4H3,(H,26,28). The van der Waals surface area contributed by atoms with Crippen LogP contribution in [0.15, 0.2) is 71.6 Å². The van der Waals surface area contributed by atoms with Gasteiger partial charge in [-0.2, -0.15) is 0 Å². The minimum absolute atomic E-state index is 0.137. The highest BCUT2D eigenvalue weighted by Gasteiger charge is 2.28. The molecule has 0 radical (unpaired) electrons. The van der Waals surface area contributed by atoms with Crippen molar-refractivity contribution in [3.63, 3.8) is 0 Å². The molecule has 0 unspecified atom stereocenters. The maximum absolute atomic E-state index is 13.5. The molecule has 0 bridgehead atoms. The van der Waals surface area contributed by atoms with Gasteiger partial charge in [-0.1, -0.05) is 47.5 Å². The monoisotopic (exact) mass is 452 g/mol. The lowest BCUT2D eigenvalue weighted by Crippen LogP contribution is -2.38. The van der Waals surface area contributed by atoms with Gasteiger partial charge in [0.05, 0.1) is 17.2 Å².